The molecular formula is C8H9ClN2. The maximum Gasteiger partial charge on any atom is 0.0641 e. The van der Waals surface area contributed by atoms with Crippen molar-refractivity contribution in [2.75, 3.05) is 0 Å². The Morgan fingerprint density at radius 3 is 2.36 bits per heavy atom. The molecule has 0 radical (unpaired) electrons. The van der Waals surface area contributed by atoms with E-state index in [1.165, 1.54) is 0 Å². The van der Waals surface area contributed by atoms with Crippen molar-refractivity contribution >= 4 is 17.3 Å². The van der Waals surface area contributed by atoms with Crippen molar-refractivity contribution in [3.8, 4) is 0 Å². The van der Waals surface area contributed by atoms with Crippen LogP contribution >= 0.6 is 11.6 Å². The van der Waals surface area contributed by atoms with Crippen molar-refractivity contribution in [3.63, 3.8) is 0 Å². The van der Waals surface area contributed by atoms with Crippen LogP contribution in [0.15, 0.2) is 29.4 Å². The maximum atomic E-state index is 5.69. The lowest BCUT2D eigenvalue weighted by Gasteiger charge is -1.97. The topological polar surface area (TPSA) is 38.4 Å². The van der Waals surface area contributed by atoms with Crippen molar-refractivity contribution in [2.24, 2.45) is 10.9 Å². The van der Waals surface area contributed by atoms with Gasteiger partial charge in [-0.3, -0.25) is 0 Å². The second-order valence-corrected chi connectivity index (χ2v) is 2.66. The van der Waals surface area contributed by atoms with Gasteiger partial charge >= 0.3 is 0 Å². The Labute approximate surface area is 70.7 Å². The van der Waals surface area contributed by atoms with E-state index in [1.807, 2.05) is 31.2 Å². The lowest BCUT2D eigenvalue weighted by molar-refractivity contribution is 1.24. The van der Waals surface area contributed by atoms with E-state index < -0.39 is 0 Å². The van der Waals surface area contributed by atoms with Crippen molar-refractivity contribution in [2.45, 2.75) is 6.92 Å². The summed E-state index contributed by atoms with van der Waals surface area (Å²) in [5, 5.41) is 4.28. The van der Waals surface area contributed by atoms with E-state index in [9.17, 15) is 0 Å². The molecule has 2 nitrogen and oxygen atoms in total. The van der Waals surface area contributed by atoms with E-state index in [-0.39, 0.29) is 0 Å². The highest BCUT2D eigenvalue weighted by Crippen LogP contribution is 2.09. The number of hydrazone groups is 1. The molecule has 1 rings (SSSR count). The van der Waals surface area contributed by atoms with Gasteiger partial charge in [0.2, 0.25) is 0 Å². The largest absolute Gasteiger partial charge is 0.323 e. The molecule has 3 heteroatoms. The first-order valence-corrected chi connectivity index (χ1v) is 3.62. The van der Waals surface area contributed by atoms with Crippen molar-refractivity contribution < 1.29 is 0 Å². The molecule has 0 heterocycles. The first-order chi connectivity index (χ1) is 5.24. The van der Waals surface area contributed by atoms with E-state index in [0.29, 0.717) is 0 Å². The molecule has 0 spiro atoms. The van der Waals surface area contributed by atoms with Crippen LogP contribution < -0.4 is 5.84 Å². The van der Waals surface area contributed by atoms with Crippen LogP contribution in [0.3, 0.4) is 0 Å². The van der Waals surface area contributed by atoms with Gasteiger partial charge in [-0.25, -0.2) is 0 Å². The van der Waals surface area contributed by atoms with Crippen LogP contribution in [-0.4, -0.2) is 5.71 Å². The standard InChI is InChI=1S/C8H9ClN2/c1-6(11-10)7-2-4-8(9)5-3-7/h2-5H,10H2,1H3/b11-6-. The zero-order valence-corrected chi connectivity index (χ0v) is 6.97. The van der Waals surface area contributed by atoms with E-state index in [2.05, 4.69) is 5.10 Å². The summed E-state index contributed by atoms with van der Waals surface area (Å²) in [5.74, 6) is 5.10. The minimum absolute atomic E-state index is 0.721. The SMILES string of the molecule is C/C(=N/N)c1ccc(Cl)cc1. The van der Waals surface area contributed by atoms with Gasteiger partial charge in [0, 0.05) is 5.02 Å². The van der Waals surface area contributed by atoms with Crippen molar-refractivity contribution in [1.29, 1.82) is 0 Å². The molecule has 0 saturated carbocycles. The third-order valence-corrected chi connectivity index (χ3v) is 1.71. The second kappa shape index (κ2) is 3.39. The molecule has 0 unspecified atom stereocenters. The minimum atomic E-state index is 0.721. The Balaban J connectivity index is 2.99. The Morgan fingerprint density at radius 2 is 1.91 bits per heavy atom. The highest BCUT2D eigenvalue weighted by molar-refractivity contribution is 6.30. The number of nitrogens with two attached hydrogens (primary N) is 1. The van der Waals surface area contributed by atoms with Gasteiger partial charge in [0.05, 0.1) is 5.71 Å². The molecule has 0 saturated heterocycles. The third-order valence-electron chi connectivity index (χ3n) is 1.46. The fourth-order valence-corrected chi connectivity index (χ4v) is 0.892. The van der Waals surface area contributed by atoms with E-state index in [0.717, 1.165) is 16.3 Å². The third kappa shape index (κ3) is 1.95. The highest BCUT2D eigenvalue weighted by Gasteiger charge is 1.94. The average Bonchev–Trinajstić information content (AvgIpc) is 2.05. The van der Waals surface area contributed by atoms with Gasteiger partial charge < -0.3 is 5.84 Å². The zero-order chi connectivity index (χ0) is 8.27. The molecule has 0 atom stereocenters. The molecule has 11 heavy (non-hydrogen) atoms. The Morgan fingerprint density at radius 1 is 1.36 bits per heavy atom. The smallest absolute Gasteiger partial charge is 0.0641 e. The molecular weight excluding hydrogens is 160 g/mol. The molecule has 0 fully saturated rings. The van der Waals surface area contributed by atoms with Crippen LogP contribution in [0.1, 0.15) is 12.5 Å². The monoisotopic (exact) mass is 168 g/mol. The molecule has 1 aromatic rings. The summed E-state index contributed by atoms with van der Waals surface area (Å²) in [6, 6.07) is 7.39. The van der Waals surface area contributed by atoms with E-state index in [4.69, 9.17) is 17.4 Å². The molecule has 1 aromatic carbocycles. The number of benzene rings is 1. The van der Waals surface area contributed by atoms with Crippen LogP contribution in [0.4, 0.5) is 0 Å². The maximum absolute atomic E-state index is 5.69. The Kier molecular flexibility index (Phi) is 2.49. The zero-order valence-electron chi connectivity index (χ0n) is 6.21. The summed E-state index contributed by atoms with van der Waals surface area (Å²) < 4.78 is 0. The van der Waals surface area contributed by atoms with E-state index in [1.54, 1.807) is 0 Å². The molecule has 0 aromatic heterocycles. The molecule has 0 aliphatic heterocycles. The summed E-state index contributed by atoms with van der Waals surface area (Å²) in [6.45, 7) is 1.85. The molecule has 0 aliphatic rings. The predicted octanol–water partition coefficient (Wildman–Crippen LogP) is 2.02. The summed E-state index contributed by atoms with van der Waals surface area (Å²) in [6.07, 6.45) is 0. The number of hydrogen-bond donors (Lipinski definition) is 1. The van der Waals surface area contributed by atoms with Crippen LogP contribution in [0, 0.1) is 0 Å². The van der Waals surface area contributed by atoms with Gasteiger partial charge in [-0.2, -0.15) is 5.10 Å². The fraction of sp³-hybridized carbons (Fsp3) is 0.125. The van der Waals surface area contributed by atoms with Gasteiger partial charge in [0.1, 0.15) is 0 Å². The molecule has 2 N–H and O–H groups in total. The number of hydrogen-bond acceptors (Lipinski definition) is 2. The lowest BCUT2D eigenvalue weighted by atomic mass is 10.1. The van der Waals surface area contributed by atoms with Gasteiger partial charge in [-0.1, -0.05) is 23.7 Å². The van der Waals surface area contributed by atoms with Gasteiger partial charge in [-0.05, 0) is 24.6 Å². The van der Waals surface area contributed by atoms with Gasteiger partial charge in [-0.15, -0.1) is 0 Å². The quantitative estimate of drug-likeness (QED) is 0.389. The first kappa shape index (κ1) is 8.08. The normalized spacial score (nSPS) is 11.6. The first-order valence-electron chi connectivity index (χ1n) is 3.24. The van der Waals surface area contributed by atoms with E-state index >= 15 is 0 Å². The van der Waals surface area contributed by atoms with Crippen LogP contribution in [0.25, 0.3) is 0 Å². The molecule has 58 valence electrons. The molecule has 0 amide bonds. The summed E-state index contributed by atoms with van der Waals surface area (Å²) >= 11 is 5.69. The molecule has 0 aliphatic carbocycles. The minimum Gasteiger partial charge on any atom is -0.323 e. The predicted molar refractivity (Wildman–Crippen MR) is 47.9 cm³/mol. The Hall–Kier alpha value is -1.02. The number of nitrogens with zero attached hydrogens (tertiary/aromatic N) is 1. The summed E-state index contributed by atoms with van der Waals surface area (Å²) in [7, 11) is 0. The van der Waals surface area contributed by atoms with Crippen LogP contribution in [0.5, 0.6) is 0 Å². The van der Waals surface area contributed by atoms with Crippen LogP contribution in [-0.2, 0) is 0 Å². The average molecular weight is 169 g/mol. The second-order valence-electron chi connectivity index (χ2n) is 2.22. The van der Waals surface area contributed by atoms with Gasteiger partial charge in [0.15, 0.2) is 0 Å². The van der Waals surface area contributed by atoms with Crippen LogP contribution in [0.2, 0.25) is 5.02 Å². The number of rotatable bonds is 1. The highest BCUT2D eigenvalue weighted by atomic mass is 35.5. The van der Waals surface area contributed by atoms with Gasteiger partial charge in [0.25, 0.3) is 0 Å². The summed E-state index contributed by atoms with van der Waals surface area (Å²) in [4.78, 5) is 0. The number of halogens is 1. The Bertz CT molecular complexity index is 264. The van der Waals surface area contributed by atoms with Crippen molar-refractivity contribution in [1.82, 2.24) is 0 Å². The summed E-state index contributed by atoms with van der Waals surface area (Å²) in [5.41, 5.74) is 1.80. The fourth-order valence-electron chi connectivity index (χ4n) is 0.766. The van der Waals surface area contributed by atoms with Crippen molar-refractivity contribution in [3.05, 3.63) is 34.9 Å². The molecule has 0 bridgehead atoms. The lowest BCUT2D eigenvalue weighted by Crippen LogP contribution is -1.97.